The van der Waals surface area contributed by atoms with Gasteiger partial charge in [0, 0.05) is 30.3 Å². The Morgan fingerprint density at radius 1 is 0.711 bits per heavy atom. The lowest BCUT2D eigenvalue weighted by Crippen LogP contribution is -2.37. The first-order chi connectivity index (χ1) is 18.6. The van der Waals surface area contributed by atoms with E-state index in [1.165, 1.54) is 94.0 Å². The minimum absolute atomic E-state index is 0.0452. The third-order valence-electron chi connectivity index (χ3n) is 8.48. The van der Waals surface area contributed by atoms with Gasteiger partial charge in [-0.2, -0.15) is 0 Å². The molecule has 1 heterocycles. The first-order valence-corrected chi connectivity index (χ1v) is 15.7. The molecular formula is C36H54N2. The van der Waals surface area contributed by atoms with Crippen molar-refractivity contribution in [2.24, 2.45) is 5.92 Å². The van der Waals surface area contributed by atoms with Gasteiger partial charge in [0.05, 0.1) is 0 Å². The predicted molar refractivity (Wildman–Crippen MR) is 165 cm³/mol. The van der Waals surface area contributed by atoms with Crippen LogP contribution in [0.5, 0.6) is 0 Å². The number of nitrogens with zero attached hydrogens (tertiary/aromatic N) is 2. The second-order valence-electron chi connectivity index (χ2n) is 12.0. The molecular weight excluding hydrogens is 460 g/mol. The molecule has 0 aliphatic carbocycles. The summed E-state index contributed by atoms with van der Waals surface area (Å²) in [7, 11) is 0. The number of hydrogen-bond donors (Lipinski definition) is 0. The molecule has 0 aliphatic heterocycles. The smallest absolute Gasteiger partial charge is 0.112 e. The molecule has 2 unspecified atom stereocenters. The van der Waals surface area contributed by atoms with Gasteiger partial charge in [-0.3, -0.25) is 0 Å². The van der Waals surface area contributed by atoms with Crippen LogP contribution in [0.25, 0.3) is 0 Å². The van der Waals surface area contributed by atoms with Crippen molar-refractivity contribution in [3.05, 3.63) is 90.0 Å². The molecule has 0 saturated carbocycles. The number of benzene rings is 2. The monoisotopic (exact) mass is 514 g/mol. The minimum atomic E-state index is -0.0452. The summed E-state index contributed by atoms with van der Waals surface area (Å²) in [5.41, 5.74) is 2.75. The van der Waals surface area contributed by atoms with Gasteiger partial charge in [0.25, 0.3) is 0 Å². The Hall–Kier alpha value is -2.35. The van der Waals surface area contributed by atoms with Crippen molar-refractivity contribution >= 4 is 0 Å². The normalized spacial score (nSPS) is 14.0. The number of aryl methyl sites for hydroxylation is 1. The van der Waals surface area contributed by atoms with Gasteiger partial charge in [0.15, 0.2) is 0 Å². The fourth-order valence-corrected chi connectivity index (χ4v) is 6.46. The van der Waals surface area contributed by atoms with Crippen molar-refractivity contribution in [1.82, 2.24) is 9.55 Å². The van der Waals surface area contributed by atoms with E-state index in [-0.39, 0.29) is 5.41 Å². The van der Waals surface area contributed by atoms with E-state index in [1.807, 2.05) is 6.20 Å². The highest BCUT2D eigenvalue weighted by atomic mass is 15.1. The summed E-state index contributed by atoms with van der Waals surface area (Å²) in [4.78, 5) is 5.01. The zero-order chi connectivity index (χ0) is 27.1. The molecule has 0 N–H and O–H groups in total. The first-order valence-electron chi connectivity index (χ1n) is 15.7. The fraction of sp³-hybridized carbons (Fsp3) is 0.583. The van der Waals surface area contributed by atoms with Crippen LogP contribution in [-0.2, 0) is 18.4 Å². The van der Waals surface area contributed by atoms with Crippen molar-refractivity contribution < 1.29 is 0 Å². The molecule has 0 aliphatic rings. The molecule has 2 aromatic carbocycles. The van der Waals surface area contributed by atoms with Gasteiger partial charge >= 0.3 is 0 Å². The van der Waals surface area contributed by atoms with Crippen LogP contribution in [0.2, 0.25) is 0 Å². The lowest BCUT2D eigenvalue weighted by molar-refractivity contribution is 0.281. The summed E-state index contributed by atoms with van der Waals surface area (Å²) in [6.45, 7) is 10.6. The highest BCUT2D eigenvalue weighted by molar-refractivity contribution is 5.33. The van der Waals surface area contributed by atoms with Gasteiger partial charge in [-0.05, 0) is 29.9 Å². The molecule has 2 atom stereocenters. The van der Waals surface area contributed by atoms with Crippen LogP contribution in [0.4, 0.5) is 0 Å². The molecule has 0 fully saturated rings. The summed E-state index contributed by atoms with van der Waals surface area (Å²) in [6, 6.07) is 22.1. The van der Waals surface area contributed by atoms with Crippen molar-refractivity contribution in [2.45, 2.75) is 129 Å². The first kappa shape index (κ1) is 30.2. The molecule has 2 nitrogen and oxygen atoms in total. The van der Waals surface area contributed by atoms with Crippen LogP contribution in [0.3, 0.4) is 0 Å². The van der Waals surface area contributed by atoms with Gasteiger partial charge < -0.3 is 4.57 Å². The Morgan fingerprint density at radius 2 is 1.24 bits per heavy atom. The number of imidazole rings is 1. The van der Waals surface area contributed by atoms with E-state index in [9.17, 15) is 0 Å². The van der Waals surface area contributed by atoms with Crippen molar-refractivity contribution in [2.75, 3.05) is 0 Å². The Balaban J connectivity index is 1.59. The Bertz CT molecular complexity index is 990. The van der Waals surface area contributed by atoms with Crippen molar-refractivity contribution in [3.8, 4) is 0 Å². The molecule has 2 heteroatoms. The average molecular weight is 515 g/mol. The van der Waals surface area contributed by atoms with Crippen LogP contribution in [0, 0.1) is 5.92 Å². The van der Waals surface area contributed by atoms with E-state index in [0.29, 0.717) is 11.8 Å². The quantitative estimate of drug-likeness (QED) is 0.145. The zero-order valence-corrected chi connectivity index (χ0v) is 24.9. The third-order valence-corrected chi connectivity index (χ3v) is 8.48. The third kappa shape index (κ3) is 9.14. The number of rotatable bonds is 19. The minimum Gasteiger partial charge on any atom is -0.335 e. The van der Waals surface area contributed by atoms with Gasteiger partial charge in [-0.15, -0.1) is 0 Å². The van der Waals surface area contributed by atoms with Crippen LogP contribution in [0.1, 0.15) is 128 Å². The van der Waals surface area contributed by atoms with Crippen LogP contribution >= 0.6 is 0 Å². The van der Waals surface area contributed by atoms with Gasteiger partial charge in [0.2, 0.25) is 0 Å². The van der Waals surface area contributed by atoms with E-state index in [4.69, 9.17) is 4.98 Å². The second kappa shape index (κ2) is 16.6. The lowest BCUT2D eigenvalue weighted by Gasteiger charge is -2.41. The molecule has 38 heavy (non-hydrogen) atoms. The highest BCUT2D eigenvalue weighted by Crippen LogP contribution is 2.45. The largest absolute Gasteiger partial charge is 0.335 e. The summed E-state index contributed by atoms with van der Waals surface area (Å²) in [5, 5.41) is 0. The van der Waals surface area contributed by atoms with Gasteiger partial charge in [0.1, 0.15) is 5.82 Å². The Kier molecular flexibility index (Phi) is 13.2. The molecule has 0 amide bonds. The number of aromatic nitrogens is 2. The molecule has 1 aromatic heterocycles. The van der Waals surface area contributed by atoms with Crippen LogP contribution < -0.4 is 0 Å². The Labute approximate surface area is 234 Å². The Morgan fingerprint density at radius 3 is 1.79 bits per heavy atom. The van der Waals surface area contributed by atoms with E-state index < -0.39 is 0 Å². The van der Waals surface area contributed by atoms with E-state index >= 15 is 0 Å². The number of hydrogen-bond acceptors (Lipinski definition) is 1. The van der Waals surface area contributed by atoms with Crippen LogP contribution in [-0.4, -0.2) is 9.55 Å². The van der Waals surface area contributed by atoms with Crippen molar-refractivity contribution in [1.29, 1.82) is 0 Å². The summed E-state index contributed by atoms with van der Waals surface area (Å²) >= 11 is 0. The van der Waals surface area contributed by atoms with Crippen LogP contribution in [0.15, 0.2) is 73.1 Å². The topological polar surface area (TPSA) is 17.8 Å². The predicted octanol–water partition coefficient (Wildman–Crippen LogP) is 10.5. The van der Waals surface area contributed by atoms with E-state index in [0.717, 1.165) is 13.0 Å². The lowest BCUT2D eigenvalue weighted by atomic mass is 9.64. The maximum absolute atomic E-state index is 5.01. The molecule has 0 radical (unpaired) electrons. The summed E-state index contributed by atoms with van der Waals surface area (Å²) in [5.74, 6) is 2.06. The molecule has 3 rings (SSSR count). The van der Waals surface area contributed by atoms with E-state index in [1.54, 1.807) is 0 Å². The average Bonchev–Trinajstić information content (AvgIpc) is 3.37. The van der Waals surface area contributed by atoms with Crippen molar-refractivity contribution in [3.63, 3.8) is 0 Å². The summed E-state index contributed by atoms with van der Waals surface area (Å²) in [6.07, 6.45) is 21.9. The molecule has 3 aromatic rings. The summed E-state index contributed by atoms with van der Waals surface area (Å²) < 4.78 is 2.47. The molecule has 0 saturated heterocycles. The molecule has 208 valence electrons. The fourth-order valence-electron chi connectivity index (χ4n) is 6.46. The maximum atomic E-state index is 5.01. The van der Waals surface area contributed by atoms with Gasteiger partial charge in [-0.1, -0.05) is 159 Å². The molecule has 0 bridgehead atoms. The second-order valence-corrected chi connectivity index (χ2v) is 12.0. The number of unbranched alkanes of at least 4 members (excludes halogenated alkanes) is 11. The SMILES string of the molecule is CCCCCCCCCCCCCCn1ccnc1C(C(C)C)C(C)(Cc1ccccc1)c1ccccc1. The van der Waals surface area contributed by atoms with Gasteiger partial charge in [-0.25, -0.2) is 4.98 Å². The van der Waals surface area contributed by atoms with E-state index in [2.05, 4.69) is 99.1 Å². The zero-order valence-electron chi connectivity index (χ0n) is 24.9. The molecule has 0 spiro atoms. The highest BCUT2D eigenvalue weighted by Gasteiger charge is 2.41. The standard InChI is InChI=1S/C36H54N2/c1-5-6-7-8-9-10-11-12-13-14-15-22-28-38-29-27-37-35(38)34(31(2)3)36(4,33-25-20-17-21-26-33)30-32-23-18-16-19-24-32/h16-21,23-27,29,31,34H,5-15,22,28,30H2,1-4H3. The maximum Gasteiger partial charge on any atom is 0.112 e.